The van der Waals surface area contributed by atoms with Crippen molar-refractivity contribution in [1.82, 2.24) is 0 Å². The lowest BCUT2D eigenvalue weighted by Gasteiger charge is -2.16. The number of carbonyl (C=O) groups excluding carboxylic acids is 2. The summed E-state index contributed by atoms with van der Waals surface area (Å²) in [5, 5.41) is 13.6. The minimum atomic E-state index is -0.493. The van der Waals surface area contributed by atoms with Crippen molar-refractivity contribution in [1.29, 1.82) is 0 Å². The van der Waals surface area contributed by atoms with Gasteiger partial charge in [0, 0.05) is 42.0 Å². The summed E-state index contributed by atoms with van der Waals surface area (Å²) in [7, 11) is 0. The molecule has 2 amide bonds. The van der Waals surface area contributed by atoms with Crippen LogP contribution in [0, 0.1) is 17.0 Å². The van der Waals surface area contributed by atoms with Gasteiger partial charge in [-0.2, -0.15) is 0 Å². The highest BCUT2D eigenvalue weighted by Crippen LogP contribution is 2.25. The minimum Gasteiger partial charge on any atom is -0.484 e. The topological polar surface area (TPSA) is 102 Å². The lowest BCUT2D eigenvalue weighted by molar-refractivity contribution is -0.385. The van der Waals surface area contributed by atoms with E-state index in [2.05, 4.69) is 5.32 Å². The first-order valence-electron chi connectivity index (χ1n) is 8.52. The lowest BCUT2D eigenvalue weighted by atomic mass is 10.2. The molecule has 0 bridgehead atoms. The smallest absolute Gasteiger partial charge is 0.274 e. The maximum atomic E-state index is 12.1. The summed E-state index contributed by atoms with van der Waals surface area (Å²) in [6.07, 6.45) is 1.37. The van der Waals surface area contributed by atoms with Crippen molar-refractivity contribution in [2.75, 3.05) is 23.4 Å². The molecule has 1 aliphatic heterocycles. The van der Waals surface area contributed by atoms with E-state index in [4.69, 9.17) is 4.74 Å². The summed E-state index contributed by atoms with van der Waals surface area (Å²) in [5.41, 5.74) is 1.53. The summed E-state index contributed by atoms with van der Waals surface area (Å²) in [5.74, 6) is 0.110. The van der Waals surface area contributed by atoms with E-state index in [1.807, 2.05) is 6.07 Å². The van der Waals surface area contributed by atoms with E-state index >= 15 is 0 Å². The molecule has 8 heteroatoms. The molecule has 8 nitrogen and oxygen atoms in total. The lowest BCUT2D eigenvalue weighted by Crippen LogP contribution is -2.24. The fourth-order valence-corrected chi connectivity index (χ4v) is 2.89. The number of benzene rings is 2. The predicted molar refractivity (Wildman–Crippen MR) is 100.0 cm³/mol. The van der Waals surface area contributed by atoms with Crippen LogP contribution in [0.15, 0.2) is 42.5 Å². The molecular formula is C19H19N3O5. The summed E-state index contributed by atoms with van der Waals surface area (Å²) >= 11 is 0. The summed E-state index contributed by atoms with van der Waals surface area (Å²) in [6, 6.07) is 11.5. The van der Waals surface area contributed by atoms with Gasteiger partial charge in [0.15, 0.2) is 6.61 Å². The number of nitrogens with zero attached hydrogens (tertiary/aromatic N) is 2. The Kier molecular flexibility index (Phi) is 5.35. The third kappa shape index (κ3) is 4.41. The predicted octanol–water partition coefficient (Wildman–Crippen LogP) is 3.05. The van der Waals surface area contributed by atoms with Crippen molar-refractivity contribution in [2.24, 2.45) is 0 Å². The molecule has 0 aliphatic carbocycles. The second kappa shape index (κ2) is 7.86. The number of hydrogen-bond acceptors (Lipinski definition) is 5. The number of nitro groups is 1. The van der Waals surface area contributed by atoms with Crippen molar-refractivity contribution < 1.29 is 19.2 Å². The standard InChI is InChI=1S/C19H19N3O5/c1-13-7-8-14(10-17(13)22(25)26)20-18(23)12-27-16-5-2-4-15(11-16)21-9-3-6-19(21)24/h2,4-5,7-8,10-11H,3,6,9,12H2,1H3,(H,20,23). The van der Waals surface area contributed by atoms with Crippen molar-refractivity contribution in [3.8, 4) is 5.75 Å². The largest absolute Gasteiger partial charge is 0.484 e. The third-order valence-electron chi connectivity index (χ3n) is 4.26. The van der Waals surface area contributed by atoms with Crippen LogP contribution >= 0.6 is 0 Å². The quantitative estimate of drug-likeness (QED) is 0.623. The summed E-state index contributed by atoms with van der Waals surface area (Å²) in [4.78, 5) is 36.1. The molecule has 2 aromatic carbocycles. The van der Waals surface area contributed by atoms with Gasteiger partial charge in [0.1, 0.15) is 5.75 Å². The molecule has 1 saturated heterocycles. The molecule has 0 saturated carbocycles. The number of amides is 2. The Bertz CT molecular complexity index is 897. The summed E-state index contributed by atoms with van der Waals surface area (Å²) < 4.78 is 5.49. The Morgan fingerprint density at radius 3 is 2.81 bits per heavy atom. The van der Waals surface area contributed by atoms with Crippen LogP contribution in [0.5, 0.6) is 5.75 Å². The normalized spacial score (nSPS) is 13.5. The first kappa shape index (κ1) is 18.4. The van der Waals surface area contributed by atoms with E-state index < -0.39 is 10.8 Å². The van der Waals surface area contributed by atoms with Gasteiger partial charge in [0.2, 0.25) is 5.91 Å². The van der Waals surface area contributed by atoms with Gasteiger partial charge in [0.05, 0.1) is 4.92 Å². The van der Waals surface area contributed by atoms with Gasteiger partial charge in [-0.25, -0.2) is 0 Å². The molecule has 0 atom stereocenters. The number of nitrogens with one attached hydrogen (secondary N) is 1. The highest BCUT2D eigenvalue weighted by atomic mass is 16.6. The first-order valence-corrected chi connectivity index (χ1v) is 8.52. The van der Waals surface area contributed by atoms with Crippen LogP contribution in [-0.2, 0) is 9.59 Å². The van der Waals surface area contributed by atoms with Gasteiger partial charge in [-0.3, -0.25) is 19.7 Å². The van der Waals surface area contributed by atoms with Gasteiger partial charge >= 0.3 is 0 Å². The van der Waals surface area contributed by atoms with Crippen LogP contribution in [0.2, 0.25) is 0 Å². The average Bonchev–Trinajstić information content (AvgIpc) is 3.07. The molecular weight excluding hydrogens is 350 g/mol. The van der Waals surface area contributed by atoms with Gasteiger partial charge in [-0.15, -0.1) is 0 Å². The molecule has 1 fully saturated rings. The number of rotatable bonds is 6. The van der Waals surface area contributed by atoms with E-state index in [0.717, 1.165) is 12.1 Å². The van der Waals surface area contributed by atoms with Crippen LogP contribution < -0.4 is 15.0 Å². The molecule has 1 N–H and O–H groups in total. The second-order valence-electron chi connectivity index (χ2n) is 6.24. The molecule has 2 aromatic rings. The Morgan fingerprint density at radius 1 is 1.30 bits per heavy atom. The fourth-order valence-electron chi connectivity index (χ4n) is 2.89. The molecule has 0 unspecified atom stereocenters. The highest BCUT2D eigenvalue weighted by molar-refractivity contribution is 5.95. The maximum absolute atomic E-state index is 12.1. The van der Waals surface area contributed by atoms with Crippen LogP contribution in [0.25, 0.3) is 0 Å². The van der Waals surface area contributed by atoms with Crippen molar-refractivity contribution in [2.45, 2.75) is 19.8 Å². The van der Waals surface area contributed by atoms with Gasteiger partial charge < -0.3 is 15.0 Å². The number of ether oxygens (including phenoxy) is 1. The first-order chi connectivity index (χ1) is 12.9. The molecule has 0 aromatic heterocycles. The maximum Gasteiger partial charge on any atom is 0.274 e. The number of hydrogen-bond donors (Lipinski definition) is 1. The number of carbonyl (C=O) groups is 2. The van der Waals surface area contributed by atoms with Gasteiger partial charge in [0.25, 0.3) is 11.6 Å². The Morgan fingerprint density at radius 2 is 2.11 bits per heavy atom. The minimum absolute atomic E-state index is 0.0586. The van der Waals surface area contributed by atoms with Crippen LogP contribution in [0.3, 0.4) is 0 Å². The van der Waals surface area contributed by atoms with Crippen LogP contribution in [-0.4, -0.2) is 29.9 Å². The third-order valence-corrected chi connectivity index (χ3v) is 4.26. The molecule has 1 aliphatic rings. The highest BCUT2D eigenvalue weighted by Gasteiger charge is 2.22. The SMILES string of the molecule is Cc1ccc(NC(=O)COc2cccc(N3CCCC3=O)c2)cc1[N+](=O)[O-]. The molecule has 0 spiro atoms. The van der Waals surface area contributed by atoms with E-state index in [1.165, 1.54) is 6.07 Å². The number of aryl methyl sites for hydroxylation is 1. The zero-order valence-corrected chi connectivity index (χ0v) is 14.8. The second-order valence-corrected chi connectivity index (χ2v) is 6.24. The van der Waals surface area contributed by atoms with Crippen molar-refractivity contribution >= 4 is 28.9 Å². The van der Waals surface area contributed by atoms with E-state index in [0.29, 0.717) is 30.0 Å². The van der Waals surface area contributed by atoms with Crippen LogP contribution in [0.4, 0.5) is 17.1 Å². The summed E-state index contributed by atoms with van der Waals surface area (Å²) in [6.45, 7) is 2.05. The molecule has 0 radical (unpaired) electrons. The van der Waals surface area contributed by atoms with E-state index in [-0.39, 0.29) is 18.2 Å². The molecule has 27 heavy (non-hydrogen) atoms. The molecule has 1 heterocycles. The van der Waals surface area contributed by atoms with E-state index in [9.17, 15) is 19.7 Å². The monoisotopic (exact) mass is 369 g/mol. The van der Waals surface area contributed by atoms with Gasteiger partial charge in [-0.1, -0.05) is 12.1 Å². The zero-order chi connectivity index (χ0) is 19.4. The van der Waals surface area contributed by atoms with Crippen LogP contribution in [0.1, 0.15) is 18.4 Å². The zero-order valence-electron chi connectivity index (χ0n) is 14.8. The van der Waals surface area contributed by atoms with E-state index in [1.54, 1.807) is 42.2 Å². The van der Waals surface area contributed by atoms with Crippen molar-refractivity contribution in [3.05, 3.63) is 58.1 Å². The number of anilines is 2. The fraction of sp³-hybridized carbons (Fsp3) is 0.263. The Labute approximate surface area is 155 Å². The Hall–Kier alpha value is -3.42. The van der Waals surface area contributed by atoms with Crippen molar-refractivity contribution in [3.63, 3.8) is 0 Å². The number of nitro benzene ring substituents is 1. The van der Waals surface area contributed by atoms with Gasteiger partial charge in [-0.05, 0) is 31.5 Å². The Balaban J connectivity index is 1.60. The average molecular weight is 369 g/mol. The molecule has 140 valence electrons. The molecule has 3 rings (SSSR count).